The second kappa shape index (κ2) is 25.5. The van der Waals surface area contributed by atoms with Crippen LogP contribution < -0.4 is 14.2 Å². The van der Waals surface area contributed by atoms with Gasteiger partial charge in [0.05, 0.1) is 6.10 Å². The van der Waals surface area contributed by atoms with Crippen molar-refractivity contribution < 1.29 is 58.1 Å². The molecule has 6 aromatic carbocycles. The molecule has 1 aliphatic heterocycles. The van der Waals surface area contributed by atoms with Gasteiger partial charge in [0.25, 0.3) is 0 Å². The van der Waals surface area contributed by atoms with E-state index in [4.69, 9.17) is 33.5 Å². The molecule has 12 heteroatoms. The van der Waals surface area contributed by atoms with Crippen molar-refractivity contribution in [2.75, 3.05) is 0 Å². The van der Waals surface area contributed by atoms with E-state index in [1.807, 2.05) is 153 Å². The molecule has 0 unspecified atom stereocenters. The van der Waals surface area contributed by atoms with Crippen molar-refractivity contribution in [3.8, 4) is 17.2 Å². The van der Waals surface area contributed by atoms with E-state index in [1.165, 1.54) is 0 Å². The molecule has 7 rings (SSSR count). The molecule has 3 atom stereocenters. The topological polar surface area (TPSA) is 167 Å². The summed E-state index contributed by atoms with van der Waals surface area (Å²) in [5.41, 5.74) is 5.99. The highest BCUT2D eigenvalue weighted by Crippen LogP contribution is 2.27. The van der Waals surface area contributed by atoms with Gasteiger partial charge in [-0.15, -0.1) is 0 Å². The first-order valence-corrected chi connectivity index (χ1v) is 21.7. The molecule has 0 saturated carbocycles. The fourth-order valence-electron chi connectivity index (χ4n) is 6.50. The van der Waals surface area contributed by atoms with Gasteiger partial charge in [-0.05, 0) is 83.6 Å². The van der Waals surface area contributed by atoms with Gasteiger partial charge in [0.15, 0.2) is 18.3 Å². The Kier molecular flexibility index (Phi) is 19.3. The number of hydrogen-bond donors (Lipinski definition) is 3. The summed E-state index contributed by atoms with van der Waals surface area (Å²) in [7, 11) is 0. The number of carbonyl (C=O) groups is 3. The highest BCUT2D eigenvalue weighted by atomic mass is 16.8. The number of aliphatic hydroxyl groups is 1. The number of carbonyl (C=O) groups excluding carboxylic acids is 1. The molecule has 0 amide bonds. The Morgan fingerprint density at radius 3 is 1.26 bits per heavy atom. The third-order valence-electron chi connectivity index (χ3n) is 9.82. The molecule has 0 radical (unpaired) electrons. The van der Waals surface area contributed by atoms with Crippen LogP contribution in [0.3, 0.4) is 0 Å². The Morgan fingerprint density at radius 2 is 0.924 bits per heavy atom. The van der Waals surface area contributed by atoms with Gasteiger partial charge in [-0.3, -0.25) is 0 Å². The minimum Gasteiger partial charge on any atom is -0.489 e. The number of ether oxygens (including phenoxy) is 6. The maximum atomic E-state index is 11.7. The quantitative estimate of drug-likeness (QED) is 0.0660. The zero-order chi connectivity index (χ0) is 47.3. The zero-order valence-corrected chi connectivity index (χ0v) is 37.7. The second-order valence-corrected chi connectivity index (χ2v) is 16.2. The summed E-state index contributed by atoms with van der Waals surface area (Å²) < 4.78 is 33.3. The summed E-state index contributed by atoms with van der Waals surface area (Å²) in [6.07, 6.45) is -1.93. The molecule has 1 saturated heterocycles. The molecule has 1 heterocycles. The number of aliphatic carboxylic acids is 2. The predicted octanol–water partition coefficient (Wildman–Crippen LogP) is 9.43. The number of esters is 1. The third kappa shape index (κ3) is 17.9. The van der Waals surface area contributed by atoms with Gasteiger partial charge >= 0.3 is 17.9 Å². The number of benzene rings is 6. The molecular weight excluding hydrogens is 841 g/mol. The van der Waals surface area contributed by atoms with Crippen LogP contribution in [0.5, 0.6) is 17.2 Å². The Hall–Kier alpha value is -6.99. The maximum Gasteiger partial charge on any atom is 0.338 e. The normalized spacial score (nSPS) is 14.6. The second-order valence-electron chi connectivity index (χ2n) is 16.2. The molecule has 1 aliphatic rings. The van der Waals surface area contributed by atoms with Crippen molar-refractivity contribution in [3.63, 3.8) is 0 Å². The van der Waals surface area contributed by atoms with Gasteiger partial charge in [0.1, 0.15) is 37.1 Å². The lowest BCUT2D eigenvalue weighted by molar-refractivity contribution is -0.161. The van der Waals surface area contributed by atoms with Gasteiger partial charge in [-0.25, -0.2) is 14.4 Å². The standard InChI is InChI=1S/C19H20O4.C19H22O4.C16H16O4/c1-19(2)22-17(18(20)23-19)12-14-8-10-16(11-9-14)21-13-15-6-4-3-5-7-15;1-14(2)23-18(19(20)21)12-15-8-10-17(11-9-15)22-13-16-6-4-3-5-7-16;17-15(16(18)19)10-12-6-8-14(9-7-12)20-11-13-4-2-1-3-5-13/h3-11,17H,12-13H2,1-2H3;3-11,14,18H,12-13H2,1-2H3,(H,20,21);1-9,15,17H,10-11H2,(H,18,19)/t17-;18-;15-/m000/s1. The molecule has 0 aromatic heterocycles. The first-order valence-electron chi connectivity index (χ1n) is 21.7. The van der Waals surface area contributed by atoms with Crippen molar-refractivity contribution in [1.82, 2.24) is 0 Å². The van der Waals surface area contributed by atoms with Crippen molar-refractivity contribution in [1.29, 1.82) is 0 Å². The van der Waals surface area contributed by atoms with E-state index in [2.05, 4.69) is 0 Å². The van der Waals surface area contributed by atoms with Crippen LogP contribution in [0.1, 0.15) is 61.1 Å². The van der Waals surface area contributed by atoms with Gasteiger partial charge in [-0.1, -0.05) is 127 Å². The molecule has 66 heavy (non-hydrogen) atoms. The number of carboxylic acids is 2. The smallest absolute Gasteiger partial charge is 0.338 e. The Bertz CT molecular complexity index is 2260. The van der Waals surface area contributed by atoms with Crippen molar-refractivity contribution in [2.24, 2.45) is 0 Å². The highest BCUT2D eigenvalue weighted by Gasteiger charge is 2.40. The number of aliphatic hydroxyl groups excluding tert-OH is 1. The molecule has 1 fully saturated rings. The van der Waals surface area contributed by atoms with Crippen LogP contribution in [-0.4, -0.2) is 63.4 Å². The number of hydrogen-bond acceptors (Lipinski definition) is 10. The van der Waals surface area contributed by atoms with E-state index >= 15 is 0 Å². The summed E-state index contributed by atoms with van der Waals surface area (Å²) in [4.78, 5) is 33.5. The fourth-order valence-corrected chi connectivity index (χ4v) is 6.50. The minimum atomic E-state index is -1.37. The average molecular weight is 899 g/mol. The van der Waals surface area contributed by atoms with Gasteiger partial charge in [0.2, 0.25) is 5.79 Å². The van der Waals surface area contributed by atoms with E-state index in [1.54, 1.807) is 38.1 Å². The van der Waals surface area contributed by atoms with E-state index in [0.717, 1.165) is 44.9 Å². The maximum absolute atomic E-state index is 11.7. The van der Waals surface area contributed by atoms with Crippen LogP contribution in [0.2, 0.25) is 0 Å². The van der Waals surface area contributed by atoms with Gasteiger partial charge < -0.3 is 43.7 Å². The molecule has 0 bridgehead atoms. The molecule has 3 N–H and O–H groups in total. The molecular formula is C54H58O12. The Labute approximate surface area is 386 Å². The summed E-state index contributed by atoms with van der Waals surface area (Å²) >= 11 is 0. The first kappa shape index (κ1) is 50.0. The van der Waals surface area contributed by atoms with Gasteiger partial charge in [0, 0.05) is 33.1 Å². The number of carboxylic acid groups (broad SMARTS) is 2. The van der Waals surface area contributed by atoms with Crippen LogP contribution in [0.4, 0.5) is 0 Å². The lowest BCUT2D eigenvalue weighted by Gasteiger charge is -2.16. The average Bonchev–Trinajstić information content (AvgIpc) is 3.58. The third-order valence-corrected chi connectivity index (χ3v) is 9.82. The van der Waals surface area contributed by atoms with E-state index < -0.39 is 36.0 Å². The van der Waals surface area contributed by atoms with E-state index in [0.29, 0.717) is 38.4 Å². The van der Waals surface area contributed by atoms with Crippen molar-refractivity contribution in [2.45, 2.75) is 97.0 Å². The Balaban J connectivity index is 0.000000186. The number of rotatable bonds is 19. The van der Waals surface area contributed by atoms with E-state index in [-0.39, 0.29) is 18.5 Å². The molecule has 0 spiro atoms. The monoisotopic (exact) mass is 898 g/mol. The Morgan fingerprint density at radius 1 is 0.545 bits per heavy atom. The van der Waals surface area contributed by atoms with Crippen LogP contribution in [0.15, 0.2) is 164 Å². The van der Waals surface area contributed by atoms with Crippen LogP contribution in [0.25, 0.3) is 0 Å². The van der Waals surface area contributed by atoms with Crippen LogP contribution in [-0.2, 0) is 67.7 Å². The van der Waals surface area contributed by atoms with Gasteiger partial charge in [-0.2, -0.15) is 0 Å². The summed E-state index contributed by atoms with van der Waals surface area (Å²) in [5, 5.41) is 27.1. The zero-order valence-electron chi connectivity index (χ0n) is 37.7. The lowest BCUT2D eigenvalue weighted by Crippen LogP contribution is -2.29. The summed E-state index contributed by atoms with van der Waals surface area (Å²) in [5.74, 6) is -1.03. The highest BCUT2D eigenvalue weighted by molar-refractivity contribution is 5.77. The minimum absolute atomic E-state index is 0.0916. The van der Waals surface area contributed by atoms with E-state index in [9.17, 15) is 24.6 Å². The first-order chi connectivity index (χ1) is 31.7. The number of cyclic esters (lactones) is 1. The van der Waals surface area contributed by atoms with Crippen molar-refractivity contribution >= 4 is 17.9 Å². The molecule has 12 nitrogen and oxygen atoms in total. The molecule has 346 valence electrons. The molecule has 0 aliphatic carbocycles. The van der Waals surface area contributed by atoms with Crippen molar-refractivity contribution in [3.05, 3.63) is 197 Å². The summed E-state index contributed by atoms with van der Waals surface area (Å²) in [6.45, 7) is 8.67. The van der Waals surface area contributed by atoms with Crippen LogP contribution >= 0.6 is 0 Å². The van der Waals surface area contributed by atoms with Crippen LogP contribution in [0, 0.1) is 0 Å². The summed E-state index contributed by atoms with van der Waals surface area (Å²) in [6, 6.07) is 52.0. The SMILES string of the molecule is CC(C)O[C@@H](Cc1ccc(OCc2ccccc2)cc1)C(=O)O.CC1(C)OC(=O)[C@H](Cc2ccc(OCc3ccccc3)cc2)O1.O=C(O)[C@@H](O)Cc1ccc(OCc2ccccc2)cc1. The largest absolute Gasteiger partial charge is 0.489 e. The lowest BCUT2D eigenvalue weighted by atomic mass is 10.1. The predicted molar refractivity (Wildman–Crippen MR) is 249 cm³/mol. The fraction of sp³-hybridized carbons (Fsp3) is 0.278. The molecule has 6 aromatic rings.